The summed E-state index contributed by atoms with van der Waals surface area (Å²) in [4.78, 5) is 25.4. The number of carbonyl (C=O) groups is 1. The number of amides is 1. The second-order valence-electron chi connectivity index (χ2n) is 8.02. The minimum absolute atomic E-state index is 0.00491. The van der Waals surface area contributed by atoms with Crippen molar-refractivity contribution < 1.29 is 18.9 Å². The largest absolute Gasteiger partial charge is 0.493 e. The van der Waals surface area contributed by atoms with Crippen molar-refractivity contribution in [2.24, 2.45) is 0 Å². The molecule has 7 nitrogen and oxygen atoms in total. The maximum atomic E-state index is 12.6. The average molecular weight is 379 g/mol. The van der Waals surface area contributed by atoms with Crippen LogP contribution in [0.15, 0.2) is 18.2 Å². The summed E-state index contributed by atoms with van der Waals surface area (Å²) >= 11 is 0. The molecule has 142 valence electrons. The van der Waals surface area contributed by atoms with Crippen molar-refractivity contribution in [1.29, 1.82) is 0 Å². The molecule has 3 atom stereocenters. The van der Waals surface area contributed by atoms with Crippen LogP contribution in [0.4, 0.5) is 5.69 Å². The second kappa shape index (κ2) is 7.00. The van der Waals surface area contributed by atoms with Gasteiger partial charge in [-0.3, -0.25) is 14.9 Å². The number of nitro benzene ring substituents is 1. The molecular formula is C18H26N2O5Si. The first kappa shape index (κ1) is 18.8. The van der Waals surface area contributed by atoms with Crippen LogP contribution in [-0.4, -0.2) is 42.8 Å². The first-order valence-corrected chi connectivity index (χ1v) is 12.5. The minimum Gasteiger partial charge on any atom is -0.493 e. The highest BCUT2D eigenvalue weighted by molar-refractivity contribution is 6.69. The van der Waals surface area contributed by atoms with Crippen molar-refractivity contribution >= 4 is 19.9 Å². The quantitative estimate of drug-likeness (QED) is 0.454. The van der Waals surface area contributed by atoms with Gasteiger partial charge in [-0.2, -0.15) is 0 Å². The van der Waals surface area contributed by atoms with Gasteiger partial charge in [-0.25, -0.2) is 0 Å². The molecule has 2 aliphatic heterocycles. The number of carbonyl (C=O) groups excluding carboxylic acids is 1. The van der Waals surface area contributed by atoms with E-state index in [1.807, 2.05) is 11.8 Å². The zero-order chi connectivity index (χ0) is 19.1. The molecule has 0 bridgehead atoms. The fourth-order valence-corrected chi connectivity index (χ4v) is 4.99. The average Bonchev–Trinajstić information content (AvgIpc) is 2.77. The summed E-state index contributed by atoms with van der Waals surface area (Å²) in [6.45, 7) is 8.82. The lowest BCUT2D eigenvalue weighted by molar-refractivity contribution is -0.385. The molecule has 1 fully saturated rings. The van der Waals surface area contributed by atoms with Gasteiger partial charge in [0.1, 0.15) is 5.75 Å². The Labute approximate surface area is 154 Å². The smallest absolute Gasteiger partial charge is 0.270 e. The van der Waals surface area contributed by atoms with Gasteiger partial charge >= 0.3 is 0 Å². The van der Waals surface area contributed by atoms with Crippen LogP contribution in [0.1, 0.15) is 37.8 Å². The van der Waals surface area contributed by atoms with Gasteiger partial charge in [0, 0.05) is 36.6 Å². The van der Waals surface area contributed by atoms with Crippen LogP contribution in [0.25, 0.3) is 0 Å². The highest BCUT2D eigenvalue weighted by Gasteiger charge is 2.43. The van der Waals surface area contributed by atoms with Crippen molar-refractivity contribution in [2.75, 3.05) is 6.61 Å². The van der Waals surface area contributed by atoms with E-state index in [1.54, 1.807) is 12.1 Å². The van der Waals surface area contributed by atoms with Crippen LogP contribution in [0.3, 0.4) is 0 Å². The van der Waals surface area contributed by atoms with Gasteiger partial charge in [-0.05, 0) is 39.1 Å². The van der Waals surface area contributed by atoms with E-state index >= 15 is 0 Å². The van der Waals surface area contributed by atoms with Gasteiger partial charge < -0.3 is 14.1 Å². The molecule has 2 aliphatic rings. The van der Waals surface area contributed by atoms with Gasteiger partial charge in [0.05, 0.1) is 23.7 Å². The Kier molecular flexibility index (Phi) is 5.07. The van der Waals surface area contributed by atoms with Gasteiger partial charge in [-0.1, -0.05) is 0 Å². The molecule has 1 aromatic carbocycles. The molecule has 26 heavy (non-hydrogen) atoms. The Morgan fingerprint density at radius 2 is 2.04 bits per heavy atom. The number of nitro groups is 1. The van der Waals surface area contributed by atoms with Gasteiger partial charge in [0.15, 0.2) is 8.32 Å². The molecular weight excluding hydrogens is 352 g/mol. The zero-order valence-corrected chi connectivity index (χ0v) is 16.7. The van der Waals surface area contributed by atoms with E-state index in [4.69, 9.17) is 9.16 Å². The fourth-order valence-electron chi connectivity index (χ4n) is 3.84. The van der Waals surface area contributed by atoms with Crippen molar-refractivity contribution in [2.45, 2.75) is 64.0 Å². The molecule has 0 spiro atoms. The van der Waals surface area contributed by atoms with Crippen molar-refractivity contribution in [3.05, 3.63) is 33.9 Å². The second-order valence-corrected chi connectivity index (χ2v) is 12.5. The lowest BCUT2D eigenvalue weighted by Gasteiger charge is -2.39. The number of hydrogen-bond donors (Lipinski definition) is 0. The van der Waals surface area contributed by atoms with Gasteiger partial charge in [-0.15, -0.1) is 0 Å². The third-order valence-corrected chi connectivity index (χ3v) is 5.89. The standard InChI is InChI=1S/C18H26N2O5Si/c1-12-5-8-17(21)19(12)18-14-11-13(20(22)23)6-7-15(14)24-10-9-16(18)25-26(2,3)4/h6-7,11-12,16,18H,5,8-10H2,1-4H3/t12-,16?,18?/m0/s1. The molecule has 1 amide bonds. The van der Waals surface area contributed by atoms with Crippen molar-refractivity contribution in [3.63, 3.8) is 0 Å². The van der Waals surface area contributed by atoms with Crippen molar-refractivity contribution in [3.8, 4) is 5.75 Å². The molecule has 2 heterocycles. The Morgan fingerprint density at radius 1 is 1.31 bits per heavy atom. The first-order chi connectivity index (χ1) is 12.2. The molecule has 1 aromatic rings. The number of fused-ring (bicyclic) bond motifs is 1. The minimum atomic E-state index is -1.89. The van der Waals surface area contributed by atoms with Crippen LogP contribution in [0.5, 0.6) is 5.75 Å². The van der Waals surface area contributed by atoms with Crippen molar-refractivity contribution in [1.82, 2.24) is 4.90 Å². The summed E-state index contributed by atoms with van der Waals surface area (Å²) in [6.07, 6.45) is 1.71. The van der Waals surface area contributed by atoms with E-state index < -0.39 is 13.2 Å². The Morgan fingerprint density at radius 3 is 2.62 bits per heavy atom. The third-order valence-electron chi connectivity index (χ3n) is 4.88. The molecule has 0 saturated carbocycles. The summed E-state index contributed by atoms with van der Waals surface area (Å²) in [5, 5.41) is 11.3. The molecule has 2 unspecified atom stereocenters. The highest BCUT2D eigenvalue weighted by atomic mass is 28.4. The van der Waals surface area contributed by atoms with Crippen LogP contribution < -0.4 is 4.74 Å². The van der Waals surface area contributed by atoms with E-state index in [-0.39, 0.29) is 29.8 Å². The summed E-state index contributed by atoms with van der Waals surface area (Å²) in [5.41, 5.74) is 0.687. The molecule has 3 rings (SSSR count). The van der Waals surface area contributed by atoms with E-state index in [2.05, 4.69) is 19.6 Å². The lowest BCUT2D eigenvalue weighted by Crippen LogP contribution is -2.45. The van der Waals surface area contributed by atoms with E-state index in [9.17, 15) is 14.9 Å². The summed E-state index contributed by atoms with van der Waals surface area (Å²) < 4.78 is 12.3. The lowest BCUT2D eigenvalue weighted by atomic mass is 9.96. The van der Waals surface area contributed by atoms with Crippen LogP contribution in [0.2, 0.25) is 19.6 Å². The van der Waals surface area contributed by atoms with Gasteiger partial charge in [0.25, 0.3) is 5.69 Å². The topological polar surface area (TPSA) is 81.9 Å². The van der Waals surface area contributed by atoms with E-state index in [1.165, 1.54) is 6.07 Å². The molecule has 8 heteroatoms. The summed E-state index contributed by atoms with van der Waals surface area (Å²) in [5.74, 6) is 0.681. The zero-order valence-electron chi connectivity index (χ0n) is 15.7. The van der Waals surface area contributed by atoms with Crippen LogP contribution in [0, 0.1) is 10.1 Å². The third kappa shape index (κ3) is 3.76. The SMILES string of the molecule is C[C@H]1CCC(=O)N1C1c2cc([N+](=O)[O-])ccc2OCCC1O[Si](C)(C)C. The Balaban J connectivity index is 2.11. The number of non-ortho nitro benzene ring substituents is 1. The Bertz CT molecular complexity index is 718. The normalized spacial score (nSPS) is 26.2. The molecule has 0 radical (unpaired) electrons. The number of benzene rings is 1. The summed E-state index contributed by atoms with van der Waals surface area (Å²) in [6, 6.07) is 4.35. The monoisotopic (exact) mass is 378 g/mol. The van der Waals surface area contributed by atoms with E-state index in [0.717, 1.165) is 6.42 Å². The predicted molar refractivity (Wildman–Crippen MR) is 99.7 cm³/mol. The van der Waals surface area contributed by atoms with Gasteiger partial charge in [0.2, 0.25) is 5.91 Å². The number of ether oxygens (including phenoxy) is 1. The number of hydrogen-bond acceptors (Lipinski definition) is 5. The van der Waals surface area contributed by atoms with Crippen LogP contribution >= 0.6 is 0 Å². The van der Waals surface area contributed by atoms with Crippen LogP contribution in [-0.2, 0) is 9.22 Å². The summed E-state index contributed by atoms with van der Waals surface area (Å²) in [7, 11) is -1.89. The highest BCUT2D eigenvalue weighted by Crippen LogP contribution is 2.43. The number of rotatable bonds is 4. The Hall–Kier alpha value is -1.93. The number of nitrogens with zero attached hydrogens (tertiary/aromatic N) is 2. The fraction of sp³-hybridized carbons (Fsp3) is 0.611. The first-order valence-electron chi connectivity index (χ1n) is 9.07. The van der Waals surface area contributed by atoms with E-state index in [0.29, 0.717) is 30.8 Å². The molecule has 0 N–H and O–H groups in total. The maximum absolute atomic E-state index is 12.6. The molecule has 1 saturated heterocycles. The maximum Gasteiger partial charge on any atom is 0.270 e. The number of likely N-dealkylation sites (tertiary alicyclic amines) is 1. The predicted octanol–water partition coefficient (Wildman–Crippen LogP) is 3.65. The molecule has 0 aliphatic carbocycles. The molecule has 0 aromatic heterocycles.